The number of hydrogen-bond donors (Lipinski definition) is 2. The van der Waals surface area contributed by atoms with Crippen molar-refractivity contribution >= 4 is 18.3 Å². The number of hydrogen-bond acceptors (Lipinski definition) is 4. The molecule has 0 unspecified atom stereocenters. The van der Waals surface area contributed by atoms with Crippen molar-refractivity contribution in [2.75, 3.05) is 19.8 Å². The molecule has 0 bridgehead atoms. The normalized spacial score (nSPS) is 13.8. The molecule has 1 aliphatic rings. The van der Waals surface area contributed by atoms with Gasteiger partial charge >= 0.3 is 0 Å². The maximum atomic E-state index is 12.2. The van der Waals surface area contributed by atoms with E-state index in [2.05, 4.69) is 34.9 Å². The van der Waals surface area contributed by atoms with Crippen LogP contribution in [-0.2, 0) is 17.8 Å². The zero-order chi connectivity index (χ0) is 21.0. The van der Waals surface area contributed by atoms with Crippen LogP contribution in [0.4, 0.5) is 0 Å². The molecule has 170 valence electrons. The molecule has 2 aromatic rings. The van der Waals surface area contributed by atoms with Crippen LogP contribution in [0.15, 0.2) is 48.5 Å². The lowest BCUT2D eigenvalue weighted by Crippen LogP contribution is -2.39. The average molecular weight is 447 g/mol. The summed E-state index contributed by atoms with van der Waals surface area (Å²) in [7, 11) is 0. The zero-order valence-electron chi connectivity index (χ0n) is 18.4. The van der Waals surface area contributed by atoms with E-state index in [0.717, 1.165) is 37.9 Å². The Morgan fingerprint density at radius 3 is 2.48 bits per heavy atom. The summed E-state index contributed by atoms with van der Waals surface area (Å²) in [5.74, 6) is 1.24. The monoisotopic (exact) mass is 446 g/mol. The molecule has 0 heterocycles. The average Bonchev–Trinajstić information content (AvgIpc) is 2.78. The first-order chi connectivity index (χ1) is 14.7. The number of amides is 1. The highest BCUT2D eigenvalue weighted by molar-refractivity contribution is 5.85. The molecule has 0 aromatic heterocycles. The maximum absolute atomic E-state index is 12.2. The first kappa shape index (κ1) is 25.0. The standard InChI is InChI=1S/C25H34N2O3.ClH/c1-2-29-24-17-21(18-26-16-15-20-9-5-3-6-10-20)13-14-23(24)30-19-25(28)27-22-11-7-4-8-12-22;/h3,5-6,9-10,13-14,17,22,26H,2,4,7-8,11-12,15-16,18-19H2,1H3,(H,27,28);1H. The van der Waals surface area contributed by atoms with Gasteiger partial charge in [0.05, 0.1) is 6.61 Å². The second-order valence-corrected chi connectivity index (χ2v) is 7.82. The largest absolute Gasteiger partial charge is 0.490 e. The fourth-order valence-electron chi connectivity index (χ4n) is 3.82. The lowest BCUT2D eigenvalue weighted by Gasteiger charge is -2.22. The number of benzene rings is 2. The smallest absolute Gasteiger partial charge is 0.258 e. The van der Waals surface area contributed by atoms with E-state index in [0.29, 0.717) is 24.1 Å². The summed E-state index contributed by atoms with van der Waals surface area (Å²) in [5.41, 5.74) is 2.46. The molecule has 1 amide bonds. The Bertz CT molecular complexity index is 780. The topological polar surface area (TPSA) is 59.6 Å². The van der Waals surface area contributed by atoms with Crippen molar-refractivity contribution in [2.24, 2.45) is 0 Å². The number of carbonyl (C=O) groups excluding carboxylic acids is 1. The van der Waals surface area contributed by atoms with Crippen molar-refractivity contribution in [1.82, 2.24) is 10.6 Å². The Hall–Kier alpha value is -2.24. The first-order valence-electron chi connectivity index (χ1n) is 11.2. The fourth-order valence-corrected chi connectivity index (χ4v) is 3.82. The van der Waals surface area contributed by atoms with E-state index in [4.69, 9.17) is 9.47 Å². The molecule has 2 aromatic carbocycles. The van der Waals surface area contributed by atoms with Gasteiger partial charge in [0, 0.05) is 12.6 Å². The molecular formula is C25H35ClN2O3. The van der Waals surface area contributed by atoms with Crippen LogP contribution in [0.2, 0.25) is 0 Å². The highest BCUT2D eigenvalue weighted by Gasteiger charge is 2.16. The van der Waals surface area contributed by atoms with E-state index < -0.39 is 0 Å². The molecule has 1 fully saturated rings. The minimum atomic E-state index is -0.0593. The summed E-state index contributed by atoms with van der Waals surface area (Å²) in [6, 6.07) is 16.7. The van der Waals surface area contributed by atoms with Gasteiger partial charge in [0.2, 0.25) is 0 Å². The molecule has 3 rings (SSSR count). The van der Waals surface area contributed by atoms with Crippen LogP contribution in [0.5, 0.6) is 11.5 Å². The van der Waals surface area contributed by atoms with Gasteiger partial charge in [-0.15, -0.1) is 12.4 Å². The number of carbonyl (C=O) groups is 1. The van der Waals surface area contributed by atoms with Gasteiger partial charge in [-0.05, 0) is 56.0 Å². The van der Waals surface area contributed by atoms with Crippen LogP contribution in [0.25, 0.3) is 0 Å². The highest BCUT2D eigenvalue weighted by Crippen LogP contribution is 2.28. The molecule has 0 saturated heterocycles. The summed E-state index contributed by atoms with van der Waals surface area (Å²) in [5, 5.41) is 6.56. The van der Waals surface area contributed by atoms with Gasteiger partial charge in [0.15, 0.2) is 18.1 Å². The van der Waals surface area contributed by atoms with E-state index in [9.17, 15) is 4.79 Å². The SMILES string of the molecule is CCOc1cc(CNCCc2ccccc2)ccc1OCC(=O)NC1CCCCC1.Cl. The van der Waals surface area contributed by atoms with Gasteiger partial charge in [-0.1, -0.05) is 55.7 Å². The van der Waals surface area contributed by atoms with E-state index in [1.165, 1.54) is 24.8 Å². The Kier molecular flexibility index (Phi) is 11.3. The predicted molar refractivity (Wildman–Crippen MR) is 127 cm³/mol. The third-order valence-corrected chi connectivity index (χ3v) is 5.40. The highest BCUT2D eigenvalue weighted by atomic mass is 35.5. The lowest BCUT2D eigenvalue weighted by molar-refractivity contribution is -0.124. The lowest BCUT2D eigenvalue weighted by atomic mass is 9.95. The minimum absolute atomic E-state index is 0. The van der Waals surface area contributed by atoms with Gasteiger partial charge < -0.3 is 20.1 Å². The Morgan fingerprint density at radius 1 is 0.968 bits per heavy atom. The third kappa shape index (κ3) is 8.80. The minimum Gasteiger partial charge on any atom is -0.490 e. The molecule has 31 heavy (non-hydrogen) atoms. The van der Waals surface area contributed by atoms with Crippen molar-refractivity contribution in [2.45, 2.75) is 58.0 Å². The Balaban J connectivity index is 0.00000341. The van der Waals surface area contributed by atoms with Crippen molar-refractivity contribution in [3.8, 4) is 11.5 Å². The molecule has 0 radical (unpaired) electrons. The number of nitrogens with one attached hydrogen (secondary N) is 2. The number of ether oxygens (including phenoxy) is 2. The number of rotatable bonds is 11. The molecule has 0 spiro atoms. The Labute approximate surface area is 192 Å². The third-order valence-electron chi connectivity index (χ3n) is 5.40. The van der Waals surface area contributed by atoms with Gasteiger partial charge in [-0.2, -0.15) is 0 Å². The van der Waals surface area contributed by atoms with E-state index in [1.807, 2.05) is 31.2 Å². The van der Waals surface area contributed by atoms with Gasteiger partial charge in [-0.3, -0.25) is 4.79 Å². The molecule has 5 nitrogen and oxygen atoms in total. The van der Waals surface area contributed by atoms with Crippen LogP contribution in [-0.4, -0.2) is 31.7 Å². The molecule has 6 heteroatoms. The summed E-state index contributed by atoms with van der Waals surface area (Å²) in [6.07, 6.45) is 6.80. The van der Waals surface area contributed by atoms with Crippen LogP contribution in [0.1, 0.15) is 50.2 Å². The van der Waals surface area contributed by atoms with E-state index >= 15 is 0 Å². The van der Waals surface area contributed by atoms with Crippen LogP contribution in [0, 0.1) is 0 Å². The van der Waals surface area contributed by atoms with Crippen LogP contribution < -0.4 is 20.1 Å². The first-order valence-corrected chi connectivity index (χ1v) is 11.2. The molecule has 1 aliphatic carbocycles. The summed E-state index contributed by atoms with van der Waals surface area (Å²) in [4.78, 5) is 12.2. The quantitative estimate of drug-likeness (QED) is 0.492. The van der Waals surface area contributed by atoms with Crippen LogP contribution >= 0.6 is 12.4 Å². The molecule has 2 N–H and O–H groups in total. The fraction of sp³-hybridized carbons (Fsp3) is 0.480. The van der Waals surface area contributed by atoms with Gasteiger partial charge in [0.1, 0.15) is 0 Å². The van der Waals surface area contributed by atoms with Crippen LogP contribution in [0.3, 0.4) is 0 Å². The second kappa shape index (κ2) is 13.9. The summed E-state index contributed by atoms with van der Waals surface area (Å²) < 4.78 is 11.5. The predicted octanol–water partition coefficient (Wildman–Crippen LogP) is 4.67. The van der Waals surface area contributed by atoms with Gasteiger partial charge in [0.25, 0.3) is 5.91 Å². The molecule has 0 atom stereocenters. The van der Waals surface area contributed by atoms with E-state index in [-0.39, 0.29) is 24.9 Å². The summed E-state index contributed by atoms with van der Waals surface area (Å²) >= 11 is 0. The zero-order valence-corrected chi connectivity index (χ0v) is 19.2. The maximum Gasteiger partial charge on any atom is 0.258 e. The van der Waals surface area contributed by atoms with Crippen molar-refractivity contribution < 1.29 is 14.3 Å². The van der Waals surface area contributed by atoms with Crippen molar-refractivity contribution in [3.63, 3.8) is 0 Å². The van der Waals surface area contributed by atoms with E-state index in [1.54, 1.807) is 0 Å². The van der Waals surface area contributed by atoms with Crippen molar-refractivity contribution in [1.29, 1.82) is 0 Å². The molecular weight excluding hydrogens is 412 g/mol. The van der Waals surface area contributed by atoms with Crippen molar-refractivity contribution in [3.05, 3.63) is 59.7 Å². The number of halogens is 1. The Morgan fingerprint density at radius 2 is 1.74 bits per heavy atom. The van der Waals surface area contributed by atoms with Gasteiger partial charge in [-0.25, -0.2) is 0 Å². The molecule has 0 aliphatic heterocycles. The summed E-state index contributed by atoms with van der Waals surface area (Å²) in [6.45, 7) is 4.19. The molecule has 1 saturated carbocycles. The second-order valence-electron chi connectivity index (χ2n) is 7.82.